The maximum Gasteiger partial charge on any atom is 0.244 e. The summed E-state index contributed by atoms with van der Waals surface area (Å²) in [6.45, 7) is 5.03. The normalized spacial score (nSPS) is 27.6. The van der Waals surface area contributed by atoms with Crippen LogP contribution in [0.2, 0.25) is 0 Å². The van der Waals surface area contributed by atoms with Crippen molar-refractivity contribution in [3.8, 4) is 0 Å². The second kappa shape index (κ2) is 6.89. The second-order valence-corrected chi connectivity index (χ2v) is 10.9. The maximum absolute atomic E-state index is 13.8. The Bertz CT molecular complexity index is 843. The van der Waals surface area contributed by atoms with Crippen LogP contribution in [0.5, 0.6) is 0 Å². The summed E-state index contributed by atoms with van der Waals surface area (Å²) in [5.74, 6) is -0.157. The Balaban J connectivity index is 1.72. The number of carbonyl (C=O) groups excluding carboxylic acids is 1. The highest BCUT2D eigenvalue weighted by atomic mass is 32.2. The number of likely N-dealkylation sites (tertiary alicyclic amines) is 1. The first-order chi connectivity index (χ1) is 12.8. The van der Waals surface area contributed by atoms with Gasteiger partial charge in [-0.05, 0) is 63.1 Å². The monoisotopic (exact) mass is 390 g/mol. The molecule has 1 N–H and O–H groups in total. The van der Waals surface area contributed by atoms with Crippen LogP contribution in [-0.4, -0.2) is 49.1 Å². The number of rotatable bonds is 3. The first-order valence-electron chi connectivity index (χ1n) is 10.2. The molecule has 0 spiro atoms. The summed E-state index contributed by atoms with van der Waals surface area (Å²) in [6.07, 6.45) is 5.65. The third-order valence-electron chi connectivity index (χ3n) is 6.76. The number of carbonyl (C=O) groups is 1. The molecule has 4 rings (SSSR count). The molecule has 2 atom stereocenters. The Morgan fingerprint density at radius 1 is 1.11 bits per heavy atom. The van der Waals surface area contributed by atoms with Crippen LogP contribution in [0.4, 0.5) is 0 Å². The minimum atomic E-state index is -3.74. The summed E-state index contributed by atoms with van der Waals surface area (Å²) < 4.78 is 26.3. The first-order valence-corrected chi connectivity index (χ1v) is 11.7. The molecule has 6 heteroatoms. The van der Waals surface area contributed by atoms with Crippen molar-refractivity contribution in [1.82, 2.24) is 10.2 Å². The fourth-order valence-corrected chi connectivity index (χ4v) is 7.61. The number of aryl methyl sites for hydroxylation is 2. The third-order valence-corrected chi connectivity index (χ3v) is 9.39. The van der Waals surface area contributed by atoms with Gasteiger partial charge < -0.3 is 10.2 Å². The minimum Gasteiger partial charge on any atom is -0.340 e. The molecule has 1 amide bonds. The van der Waals surface area contributed by atoms with E-state index in [4.69, 9.17) is 0 Å². The molecule has 3 aliphatic rings. The molecule has 148 valence electrons. The standard InChI is InChI=1S/C21H30N2O3S/c1-15-5-6-16(2)19(13-15)27(25,26)21(10-3-4-11-21)20(24)23-12-9-17-7-8-18(14-23)22-17/h5-6,13,17-18,22H,3-4,7-12,14H2,1-2H3. The molecular formula is C21H30N2O3S. The van der Waals surface area contributed by atoms with E-state index in [1.807, 2.05) is 30.9 Å². The van der Waals surface area contributed by atoms with Crippen molar-refractivity contribution in [2.24, 2.45) is 0 Å². The average molecular weight is 391 g/mol. The van der Waals surface area contributed by atoms with E-state index in [1.165, 1.54) is 6.42 Å². The van der Waals surface area contributed by atoms with Gasteiger partial charge in [0, 0.05) is 25.2 Å². The second-order valence-electron chi connectivity index (χ2n) is 8.65. The molecule has 2 aliphatic heterocycles. The van der Waals surface area contributed by atoms with Crippen molar-refractivity contribution >= 4 is 15.7 Å². The van der Waals surface area contributed by atoms with E-state index in [0.717, 1.165) is 36.8 Å². The summed E-state index contributed by atoms with van der Waals surface area (Å²) in [7, 11) is -3.74. The van der Waals surface area contributed by atoms with Gasteiger partial charge in [-0.25, -0.2) is 8.42 Å². The topological polar surface area (TPSA) is 66.5 Å². The molecule has 5 nitrogen and oxygen atoms in total. The van der Waals surface area contributed by atoms with Crippen molar-refractivity contribution in [2.45, 2.75) is 80.5 Å². The van der Waals surface area contributed by atoms with E-state index in [9.17, 15) is 13.2 Å². The number of amides is 1. The summed E-state index contributed by atoms with van der Waals surface area (Å²) in [5.41, 5.74) is 1.65. The van der Waals surface area contributed by atoms with Crippen molar-refractivity contribution in [3.05, 3.63) is 29.3 Å². The minimum absolute atomic E-state index is 0.157. The molecule has 0 aromatic heterocycles. The lowest BCUT2D eigenvalue weighted by atomic mass is 10.0. The number of hydrogen-bond acceptors (Lipinski definition) is 4. The van der Waals surface area contributed by atoms with Gasteiger partial charge in [0.1, 0.15) is 0 Å². The van der Waals surface area contributed by atoms with Crippen molar-refractivity contribution < 1.29 is 13.2 Å². The van der Waals surface area contributed by atoms with E-state index >= 15 is 0 Å². The Hall–Kier alpha value is -1.40. The van der Waals surface area contributed by atoms with Gasteiger partial charge in [-0.3, -0.25) is 4.79 Å². The number of nitrogens with one attached hydrogen (secondary N) is 1. The Morgan fingerprint density at radius 3 is 2.56 bits per heavy atom. The van der Waals surface area contributed by atoms with Gasteiger partial charge in [0.15, 0.2) is 14.6 Å². The van der Waals surface area contributed by atoms with Gasteiger partial charge in [0.05, 0.1) is 4.90 Å². The highest BCUT2D eigenvalue weighted by Gasteiger charge is 2.55. The summed E-state index contributed by atoms with van der Waals surface area (Å²) in [4.78, 5) is 15.9. The van der Waals surface area contributed by atoms with Crippen LogP contribution in [0.25, 0.3) is 0 Å². The van der Waals surface area contributed by atoms with Crippen molar-refractivity contribution in [2.75, 3.05) is 13.1 Å². The quantitative estimate of drug-likeness (QED) is 0.862. The Kier molecular flexibility index (Phi) is 4.83. The van der Waals surface area contributed by atoms with Crippen LogP contribution in [0, 0.1) is 13.8 Å². The maximum atomic E-state index is 13.8. The summed E-state index contributed by atoms with van der Waals surface area (Å²) in [5, 5.41) is 3.58. The molecule has 3 fully saturated rings. The van der Waals surface area contributed by atoms with Gasteiger partial charge >= 0.3 is 0 Å². The molecule has 2 saturated heterocycles. The number of nitrogens with zero attached hydrogens (tertiary/aromatic N) is 1. The van der Waals surface area contributed by atoms with Gasteiger partial charge in [-0.15, -0.1) is 0 Å². The smallest absolute Gasteiger partial charge is 0.244 e. The van der Waals surface area contributed by atoms with Crippen molar-refractivity contribution in [3.63, 3.8) is 0 Å². The number of hydrogen-bond donors (Lipinski definition) is 1. The highest BCUT2D eigenvalue weighted by Crippen LogP contribution is 2.43. The van der Waals surface area contributed by atoms with Gasteiger partial charge in [-0.2, -0.15) is 0 Å². The summed E-state index contributed by atoms with van der Waals surface area (Å²) in [6, 6.07) is 6.30. The molecule has 27 heavy (non-hydrogen) atoms. The predicted octanol–water partition coefficient (Wildman–Crippen LogP) is 2.74. The van der Waals surface area contributed by atoms with Crippen LogP contribution in [0.15, 0.2) is 23.1 Å². The molecule has 1 aromatic rings. The van der Waals surface area contributed by atoms with Crippen LogP contribution in [-0.2, 0) is 14.6 Å². The van der Waals surface area contributed by atoms with E-state index in [2.05, 4.69) is 5.32 Å². The lowest BCUT2D eigenvalue weighted by Crippen LogP contribution is -2.54. The Labute approximate surface area is 162 Å². The number of sulfone groups is 1. The number of fused-ring (bicyclic) bond motifs is 2. The highest BCUT2D eigenvalue weighted by molar-refractivity contribution is 7.93. The predicted molar refractivity (Wildman–Crippen MR) is 105 cm³/mol. The molecular weight excluding hydrogens is 360 g/mol. The SMILES string of the molecule is Cc1ccc(C)c(S(=O)(=O)C2(C(=O)N3CCC4CCC(C3)N4)CCCC2)c1. The molecule has 2 bridgehead atoms. The fraction of sp³-hybridized carbons (Fsp3) is 0.667. The zero-order valence-electron chi connectivity index (χ0n) is 16.3. The van der Waals surface area contributed by atoms with E-state index in [1.54, 1.807) is 6.07 Å². The van der Waals surface area contributed by atoms with Crippen LogP contribution in [0.1, 0.15) is 56.1 Å². The fourth-order valence-electron chi connectivity index (χ4n) is 5.17. The number of benzene rings is 1. The largest absolute Gasteiger partial charge is 0.340 e. The molecule has 2 unspecified atom stereocenters. The molecule has 2 heterocycles. The first kappa shape index (κ1) is 18.9. The zero-order valence-corrected chi connectivity index (χ0v) is 17.1. The lowest BCUT2D eigenvalue weighted by Gasteiger charge is -2.35. The molecule has 0 radical (unpaired) electrons. The average Bonchev–Trinajstić information content (AvgIpc) is 3.24. The third kappa shape index (κ3) is 3.11. The van der Waals surface area contributed by atoms with E-state index in [-0.39, 0.29) is 5.91 Å². The Morgan fingerprint density at radius 2 is 1.81 bits per heavy atom. The lowest BCUT2D eigenvalue weighted by molar-refractivity contribution is -0.134. The van der Waals surface area contributed by atoms with Crippen LogP contribution >= 0.6 is 0 Å². The molecule has 1 saturated carbocycles. The van der Waals surface area contributed by atoms with Gasteiger partial charge in [-0.1, -0.05) is 25.0 Å². The van der Waals surface area contributed by atoms with Crippen molar-refractivity contribution in [1.29, 1.82) is 0 Å². The molecule has 1 aliphatic carbocycles. The summed E-state index contributed by atoms with van der Waals surface area (Å²) >= 11 is 0. The zero-order chi connectivity index (χ0) is 19.2. The van der Waals surface area contributed by atoms with Crippen LogP contribution in [0.3, 0.4) is 0 Å². The van der Waals surface area contributed by atoms with E-state index < -0.39 is 14.6 Å². The van der Waals surface area contributed by atoms with Gasteiger partial charge in [0.2, 0.25) is 5.91 Å². The van der Waals surface area contributed by atoms with Gasteiger partial charge in [0.25, 0.3) is 0 Å². The van der Waals surface area contributed by atoms with Crippen LogP contribution < -0.4 is 5.32 Å². The molecule has 1 aromatic carbocycles. The van der Waals surface area contributed by atoms with E-state index in [0.29, 0.717) is 42.9 Å².